The van der Waals surface area contributed by atoms with Gasteiger partial charge in [-0.2, -0.15) is 0 Å². The second-order valence-electron chi connectivity index (χ2n) is 6.29. The van der Waals surface area contributed by atoms with E-state index in [1.54, 1.807) is 13.2 Å². The summed E-state index contributed by atoms with van der Waals surface area (Å²) >= 11 is 0. The van der Waals surface area contributed by atoms with Crippen molar-refractivity contribution < 1.29 is 14.3 Å². The van der Waals surface area contributed by atoms with Crippen LogP contribution in [-0.4, -0.2) is 32.2 Å². The number of nitrogens with two attached hydrogens (primary N) is 1. The third-order valence-corrected chi connectivity index (χ3v) is 4.09. The van der Waals surface area contributed by atoms with Gasteiger partial charge in [0, 0.05) is 5.69 Å². The standard InChI is InChI=1S/C19H23N3O3/c1-12-4-6-17(24-3)15(8-12)21-19(23)11-22-10-13(2)25-18-7-5-14(20)9-16(18)22/h4-9,13H,10-11,20H2,1-3H3,(H,21,23). The zero-order chi connectivity index (χ0) is 18.0. The lowest BCUT2D eigenvalue weighted by atomic mass is 10.1. The summed E-state index contributed by atoms with van der Waals surface area (Å²) in [7, 11) is 1.59. The SMILES string of the molecule is COc1ccc(C)cc1NC(=O)CN1CC(C)Oc2ccc(N)cc21. The third kappa shape index (κ3) is 3.79. The second-order valence-corrected chi connectivity index (χ2v) is 6.29. The van der Waals surface area contributed by atoms with E-state index < -0.39 is 0 Å². The molecule has 25 heavy (non-hydrogen) atoms. The van der Waals surface area contributed by atoms with Crippen molar-refractivity contribution in [2.24, 2.45) is 0 Å². The van der Waals surface area contributed by atoms with Crippen LogP contribution in [0.4, 0.5) is 17.1 Å². The molecule has 1 aliphatic heterocycles. The zero-order valence-corrected chi connectivity index (χ0v) is 14.7. The first-order chi connectivity index (χ1) is 12.0. The molecule has 3 rings (SSSR count). The number of ether oxygens (including phenoxy) is 2. The molecule has 0 saturated carbocycles. The summed E-state index contributed by atoms with van der Waals surface area (Å²) in [6.07, 6.45) is -0.00238. The molecule has 0 fully saturated rings. The fraction of sp³-hybridized carbons (Fsp3) is 0.316. The summed E-state index contributed by atoms with van der Waals surface area (Å²) in [5.41, 5.74) is 9.09. The van der Waals surface area contributed by atoms with E-state index in [2.05, 4.69) is 5.32 Å². The first-order valence-electron chi connectivity index (χ1n) is 8.22. The maximum absolute atomic E-state index is 12.6. The average Bonchev–Trinajstić information content (AvgIpc) is 2.55. The molecule has 2 aromatic carbocycles. The van der Waals surface area contributed by atoms with E-state index in [4.69, 9.17) is 15.2 Å². The first-order valence-corrected chi connectivity index (χ1v) is 8.22. The summed E-state index contributed by atoms with van der Waals surface area (Å²) in [5, 5.41) is 2.93. The van der Waals surface area contributed by atoms with Gasteiger partial charge in [-0.1, -0.05) is 6.07 Å². The predicted octanol–water partition coefficient (Wildman–Crippen LogP) is 2.81. The highest BCUT2D eigenvalue weighted by molar-refractivity contribution is 5.96. The van der Waals surface area contributed by atoms with Crippen LogP contribution in [0.15, 0.2) is 36.4 Å². The molecule has 132 valence electrons. The number of hydrogen-bond acceptors (Lipinski definition) is 5. The van der Waals surface area contributed by atoms with Crippen molar-refractivity contribution in [3.05, 3.63) is 42.0 Å². The number of amides is 1. The lowest BCUT2D eigenvalue weighted by molar-refractivity contribution is -0.115. The zero-order valence-electron chi connectivity index (χ0n) is 14.7. The minimum absolute atomic E-state index is 0.00238. The van der Waals surface area contributed by atoms with Crippen molar-refractivity contribution in [1.82, 2.24) is 0 Å². The number of anilines is 3. The molecule has 0 spiro atoms. The molecule has 1 unspecified atom stereocenters. The van der Waals surface area contributed by atoms with Gasteiger partial charge < -0.3 is 25.4 Å². The van der Waals surface area contributed by atoms with Gasteiger partial charge in [0.2, 0.25) is 5.91 Å². The van der Waals surface area contributed by atoms with Gasteiger partial charge in [0.1, 0.15) is 17.6 Å². The molecule has 1 atom stereocenters. The monoisotopic (exact) mass is 341 g/mol. The highest BCUT2D eigenvalue weighted by atomic mass is 16.5. The Balaban J connectivity index is 1.78. The van der Waals surface area contributed by atoms with E-state index in [0.717, 1.165) is 17.0 Å². The average molecular weight is 341 g/mol. The highest BCUT2D eigenvalue weighted by Gasteiger charge is 2.25. The number of carbonyl (C=O) groups excluding carboxylic acids is 1. The number of benzene rings is 2. The number of methoxy groups -OCH3 is 1. The number of nitrogens with one attached hydrogen (secondary N) is 1. The number of nitrogen functional groups attached to an aromatic ring is 1. The van der Waals surface area contributed by atoms with Crippen molar-refractivity contribution in [3.8, 4) is 11.5 Å². The van der Waals surface area contributed by atoms with Crippen molar-refractivity contribution in [2.75, 3.05) is 36.1 Å². The molecular formula is C19H23N3O3. The van der Waals surface area contributed by atoms with Gasteiger partial charge in [0.05, 0.1) is 31.6 Å². The van der Waals surface area contributed by atoms with Gasteiger partial charge >= 0.3 is 0 Å². The molecule has 0 saturated heterocycles. The molecule has 2 aromatic rings. The summed E-state index contributed by atoms with van der Waals surface area (Å²) in [6, 6.07) is 11.2. The Kier molecular flexibility index (Phi) is 4.70. The van der Waals surface area contributed by atoms with Crippen molar-refractivity contribution >= 4 is 23.0 Å². The van der Waals surface area contributed by atoms with Crippen molar-refractivity contribution in [3.63, 3.8) is 0 Å². The number of fused-ring (bicyclic) bond motifs is 1. The molecule has 6 nitrogen and oxygen atoms in total. The third-order valence-electron chi connectivity index (χ3n) is 4.09. The molecule has 1 amide bonds. The smallest absolute Gasteiger partial charge is 0.243 e. The Hall–Kier alpha value is -2.89. The predicted molar refractivity (Wildman–Crippen MR) is 99.5 cm³/mol. The second kappa shape index (κ2) is 6.93. The van der Waals surface area contributed by atoms with Crippen LogP contribution in [0.2, 0.25) is 0 Å². The van der Waals surface area contributed by atoms with E-state index in [-0.39, 0.29) is 18.6 Å². The van der Waals surface area contributed by atoms with Gasteiger partial charge in [-0.3, -0.25) is 4.79 Å². The van der Waals surface area contributed by atoms with E-state index >= 15 is 0 Å². The summed E-state index contributed by atoms with van der Waals surface area (Å²) in [6.45, 7) is 4.78. The molecule has 1 heterocycles. The van der Waals surface area contributed by atoms with Gasteiger partial charge in [-0.05, 0) is 49.7 Å². The molecule has 1 aliphatic rings. The summed E-state index contributed by atoms with van der Waals surface area (Å²) < 4.78 is 11.1. The Morgan fingerprint density at radius 3 is 2.92 bits per heavy atom. The van der Waals surface area contributed by atoms with Crippen LogP contribution >= 0.6 is 0 Å². The van der Waals surface area contributed by atoms with Gasteiger partial charge in [0.25, 0.3) is 0 Å². The fourth-order valence-electron chi connectivity index (χ4n) is 2.98. The molecule has 3 N–H and O–H groups in total. The topological polar surface area (TPSA) is 76.8 Å². The minimum atomic E-state index is -0.119. The first kappa shape index (κ1) is 17.0. The molecule has 0 aromatic heterocycles. The maximum atomic E-state index is 12.6. The number of aryl methyl sites for hydroxylation is 1. The number of hydrogen-bond donors (Lipinski definition) is 2. The quantitative estimate of drug-likeness (QED) is 0.836. The van der Waals surface area contributed by atoms with Crippen LogP contribution in [-0.2, 0) is 4.79 Å². The van der Waals surface area contributed by atoms with E-state index in [1.807, 2.05) is 49.1 Å². The van der Waals surface area contributed by atoms with E-state index in [1.165, 1.54) is 0 Å². The van der Waals surface area contributed by atoms with Crippen LogP contribution in [0.25, 0.3) is 0 Å². The molecule has 6 heteroatoms. The largest absolute Gasteiger partial charge is 0.495 e. The number of carbonyl (C=O) groups is 1. The van der Waals surface area contributed by atoms with Gasteiger partial charge in [0.15, 0.2) is 0 Å². The molecule has 0 aliphatic carbocycles. The summed E-state index contributed by atoms with van der Waals surface area (Å²) in [5.74, 6) is 1.26. The summed E-state index contributed by atoms with van der Waals surface area (Å²) in [4.78, 5) is 14.6. The molecule has 0 bridgehead atoms. The van der Waals surface area contributed by atoms with Crippen LogP contribution in [0.5, 0.6) is 11.5 Å². The lowest BCUT2D eigenvalue weighted by Gasteiger charge is -2.34. The van der Waals surface area contributed by atoms with Crippen LogP contribution in [0.1, 0.15) is 12.5 Å². The van der Waals surface area contributed by atoms with E-state index in [0.29, 0.717) is 23.7 Å². The fourth-order valence-corrected chi connectivity index (χ4v) is 2.98. The van der Waals surface area contributed by atoms with Crippen LogP contribution < -0.4 is 25.4 Å². The van der Waals surface area contributed by atoms with E-state index in [9.17, 15) is 4.79 Å². The van der Waals surface area contributed by atoms with Crippen molar-refractivity contribution in [2.45, 2.75) is 20.0 Å². The minimum Gasteiger partial charge on any atom is -0.495 e. The molecular weight excluding hydrogens is 318 g/mol. The number of nitrogens with zero attached hydrogens (tertiary/aromatic N) is 1. The van der Waals surface area contributed by atoms with Crippen LogP contribution in [0, 0.1) is 6.92 Å². The van der Waals surface area contributed by atoms with Gasteiger partial charge in [-0.25, -0.2) is 0 Å². The normalized spacial score (nSPS) is 16.0. The Morgan fingerprint density at radius 1 is 1.36 bits per heavy atom. The van der Waals surface area contributed by atoms with Gasteiger partial charge in [-0.15, -0.1) is 0 Å². The Labute approximate surface area is 147 Å². The molecule has 0 radical (unpaired) electrons. The maximum Gasteiger partial charge on any atom is 0.243 e. The van der Waals surface area contributed by atoms with Crippen molar-refractivity contribution in [1.29, 1.82) is 0 Å². The van der Waals surface area contributed by atoms with Crippen LogP contribution in [0.3, 0.4) is 0 Å². The Bertz CT molecular complexity index is 791. The Morgan fingerprint density at radius 2 is 2.16 bits per heavy atom. The number of rotatable bonds is 4. The highest BCUT2D eigenvalue weighted by Crippen LogP contribution is 2.35. The lowest BCUT2D eigenvalue weighted by Crippen LogP contribution is -2.42.